The average molecular weight is 400 g/mol. The smallest absolute Gasteiger partial charge is 0.251 e. The fraction of sp³-hybridized carbons (Fsp3) is 0.381. The molecule has 2 N–H and O–H groups in total. The summed E-state index contributed by atoms with van der Waals surface area (Å²) >= 11 is 0. The van der Waals surface area contributed by atoms with Crippen LogP contribution in [0.5, 0.6) is 0 Å². The van der Waals surface area contributed by atoms with Gasteiger partial charge in [-0.15, -0.1) is 0 Å². The highest BCUT2D eigenvalue weighted by molar-refractivity contribution is 7.89. The number of nitrogens with zero attached hydrogens (tertiary/aromatic N) is 1. The number of hydrogen-bond donors (Lipinski definition) is 2. The SMILES string of the molecule is O=C(N[C@H]1CCN(Cc2ccccc2)C1)c1ccc(S(=O)(=O)NC2CC2)cc1. The molecule has 0 bridgehead atoms. The van der Waals surface area contributed by atoms with Crippen molar-refractivity contribution in [1.82, 2.24) is 14.9 Å². The Morgan fingerprint density at radius 3 is 2.36 bits per heavy atom. The number of sulfonamides is 1. The standard InChI is InChI=1S/C21H25N3O3S/c25-21(17-6-10-20(11-7-17)28(26,27)23-18-8-9-18)22-19-12-13-24(15-19)14-16-4-2-1-3-5-16/h1-7,10-11,18-19,23H,8-9,12-15H2,(H,22,25)/t19-/m0/s1. The van der Waals surface area contributed by atoms with Crippen molar-refractivity contribution in [2.24, 2.45) is 0 Å². The third-order valence-corrected chi connectivity index (χ3v) is 6.72. The van der Waals surface area contributed by atoms with E-state index in [1.54, 1.807) is 12.1 Å². The Kier molecular flexibility index (Phi) is 5.48. The van der Waals surface area contributed by atoms with Crippen molar-refractivity contribution in [1.29, 1.82) is 0 Å². The van der Waals surface area contributed by atoms with Crippen LogP contribution >= 0.6 is 0 Å². The number of likely N-dealkylation sites (tertiary alicyclic amines) is 1. The van der Waals surface area contributed by atoms with Gasteiger partial charge in [-0.3, -0.25) is 9.69 Å². The van der Waals surface area contributed by atoms with Gasteiger partial charge in [-0.05, 0) is 49.1 Å². The van der Waals surface area contributed by atoms with Crippen molar-refractivity contribution < 1.29 is 13.2 Å². The second kappa shape index (κ2) is 8.03. The Hall–Kier alpha value is -2.22. The average Bonchev–Trinajstić information content (AvgIpc) is 3.39. The summed E-state index contributed by atoms with van der Waals surface area (Å²) in [4.78, 5) is 15.1. The van der Waals surface area contributed by atoms with Crippen LogP contribution in [-0.2, 0) is 16.6 Å². The van der Waals surface area contributed by atoms with Gasteiger partial charge in [0, 0.05) is 37.3 Å². The van der Waals surface area contributed by atoms with E-state index in [0.29, 0.717) is 5.56 Å². The summed E-state index contributed by atoms with van der Waals surface area (Å²) in [5, 5.41) is 3.07. The maximum Gasteiger partial charge on any atom is 0.251 e. The van der Waals surface area contributed by atoms with Crippen LogP contribution in [-0.4, -0.2) is 44.4 Å². The molecule has 28 heavy (non-hydrogen) atoms. The van der Waals surface area contributed by atoms with Crippen LogP contribution in [0.1, 0.15) is 35.2 Å². The van der Waals surface area contributed by atoms with E-state index in [1.807, 2.05) is 18.2 Å². The Bertz CT molecular complexity index is 925. The molecule has 2 aliphatic rings. The van der Waals surface area contributed by atoms with Crippen molar-refractivity contribution in [2.45, 2.75) is 42.8 Å². The Morgan fingerprint density at radius 1 is 0.964 bits per heavy atom. The van der Waals surface area contributed by atoms with Crippen LogP contribution in [0.25, 0.3) is 0 Å². The monoisotopic (exact) mass is 399 g/mol. The maximum absolute atomic E-state index is 12.5. The summed E-state index contributed by atoms with van der Waals surface area (Å²) in [6.45, 7) is 2.65. The summed E-state index contributed by atoms with van der Waals surface area (Å²) in [6, 6.07) is 16.6. The normalized spacial score (nSPS) is 20.2. The molecule has 1 amide bonds. The zero-order chi connectivity index (χ0) is 19.6. The van der Waals surface area contributed by atoms with Gasteiger partial charge in [0.1, 0.15) is 0 Å². The lowest BCUT2D eigenvalue weighted by molar-refractivity contribution is 0.0937. The van der Waals surface area contributed by atoms with Gasteiger partial charge in [-0.2, -0.15) is 0 Å². The van der Waals surface area contributed by atoms with Crippen LogP contribution in [0.3, 0.4) is 0 Å². The van der Waals surface area contributed by atoms with E-state index in [9.17, 15) is 13.2 Å². The van der Waals surface area contributed by atoms with Crippen molar-refractivity contribution in [2.75, 3.05) is 13.1 Å². The van der Waals surface area contributed by atoms with Gasteiger partial charge in [0.25, 0.3) is 5.91 Å². The molecule has 148 valence electrons. The molecule has 0 radical (unpaired) electrons. The number of benzene rings is 2. The molecule has 0 spiro atoms. The summed E-state index contributed by atoms with van der Waals surface area (Å²) in [5.41, 5.74) is 1.75. The first-order valence-corrected chi connectivity index (χ1v) is 11.2. The molecule has 0 unspecified atom stereocenters. The first-order valence-electron chi connectivity index (χ1n) is 9.69. The third-order valence-electron chi connectivity index (χ3n) is 5.18. The molecule has 0 aromatic heterocycles. The van der Waals surface area contributed by atoms with E-state index < -0.39 is 10.0 Å². The fourth-order valence-electron chi connectivity index (χ4n) is 3.48. The zero-order valence-corrected chi connectivity index (χ0v) is 16.5. The number of carbonyl (C=O) groups excluding carboxylic acids is 1. The van der Waals surface area contributed by atoms with Crippen molar-refractivity contribution >= 4 is 15.9 Å². The van der Waals surface area contributed by atoms with E-state index in [4.69, 9.17) is 0 Å². The summed E-state index contributed by atoms with van der Waals surface area (Å²) < 4.78 is 27.1. The van der Waals surface area contributed by atoms with Crippen molar-refractivity contribution in [3.8, 4) is 0 Å². The Morgan fingerprint density at radius 2 is 1.68 bits per heavy atom. The third kappa shape index (κ3) is 4.79. The van der Waals surface area contributed by atoms with Gasteiger partial charge in [0.2, 0.25) is 10.0 Å². The topological polar surface area (TPSA) is 78.5 Å². The molecular weight excluding hydrogens is 374 g/mol. The van der Waals surface area contributed by atoms with E-state index >= 15 is 0 Å². The minimum atomic E-state index is -3.49. The molecule has 1 heterocycles. The largest absolute Gasteiger partial charge is 0.348 e. The molecule has 1 aliphatic heterocycles. The first-order chi connectivity index (χ1) is 13.5. The molecular formula is C21H25N3O3S. The van der Waals surface area contributed by atoms with Gasteiger partial charge in [0.05, 0.1) is 4.90 Å². The number of rotatable bonds is 7. The summed E-state index contributed by atoms with van der Waals surface area (Å²) in [5.74, 6) is -0.161. The van der Waals surface area contributed by atoms with Gasteiger partial charge in [-0.25, -0.2) is 13.1 Å². The predicted molar refractivity (Wildman–Crippen MR) is 107 cm³/mol. The summed E-state index contributed by atoms with van der Waals surface area (Å²) in [7, 11) is -3.49. The molecule has 2 aromatic rings. The first kappa shape index (κ1) is 19.1. The lowest BCUT2D eigenvalue weighted by atomic mass is 10.2. The van der Waals surface area contributed by atoms with Crippen molar-refractivity contribution in [3.05, 3.63) is 65.7 Å². The second-order valence-corrected chi connectivity index (χ2v) is 9.31. The van der Waals surface area contributed by atoms with E-state index in [2.05, 4.69) is 27.1 Å². The molecule has 1 saturated heterocycles. The van der Waals surface area contributed by atoms with Crippen molar-refractivity contribution in [3.63, 3.8) is 0 Å². The van der Waals surface area contributed by atoms with Crippen LogP contribution in [0.4, 0.5) is 0 Å². The number of carbonyl (C=O) groups is 1. The van der Waals surface area contributed by atoms with E-state index in [1.165, 1.54) is 17.7 Å². The van der Waals surface area contributed by atoms with Crippen LogP contribution in [0, 0.1) is 0 Å². The molecule has 2 aromatic carbocycles. The number of amides is 1. The maximum atomic E-state index is 12.5. The molecule has 1 atom stereocenters. The molecule has 4 rings (SSSR count). The van der Waals surface area contributed by atoms with Gasteiger partial charge in [0.15, 0.2) is 0 Å². The van der Waals surface area contributed by atoms with E-state index in [0.717, 1.165) is 38.9 Å². The quantitative estimate of drug-likeness (QED) is 0.748. The molecule has 7 heteroatoms. The Labute approximate surface area is 166 Å². The molecule has 1 saturated carbocycles. The minimum Gasteiger partial charge on any atom is -0.348 e. The predicted octanol–water partition coefficient (Wildman–Crippen LogP) is 2.13. The highest BCUT2D eigenvalue weighted by atomic mass is 32.2. The van der Waals surface area contributed by atoms with E-state index in [-0.39, 0.29) is 22.9 Å². The number of hydrogen-bond acceptors (Lipinski definition) is 4. The fourth-order valence-corrected chi connectivity index (χ4v) is 4.78. The Balaban J connectivity index is 1.31. The van der Waals surface area contributed by atoms with Crippen LogP contribution < -0.4 is 10.0 Å². The highest BCUT2D eigenvalue weighted by Gasteiger charge is 2.28. The zero-order valence-electron chi connectivity index (χ0n) is 15.7. The lowest BCUT2D eigenvalue weighted by Gasteiger charge is -2.17. The lowest BCUT2D eigenvalue weighted by Crippen LogP contribution is -2.37. The van der Waals surface area contributed by atoms with Gasteiger partial charge < -0.3 is 5.32 Å². The highest BCUT2D eigenvalue weighted by Crippen LogP contribution is 2.22. The molecule has 6 nitrogen and oxygen atoms in total. The van der Waals surface area contributed by atoms with Gasteiger partial charge in [-0.1, -0.05) is 30.3 Å². The second-order valence-electron chi connectivity index (χ2n) is 7.60. The summed E-state index contributed by atoms with van der Waals surface area (Å²) in [6.07, 6.45) is 2.70. The number of nitrogens with one attached hydrogen (secondary N) is 2. The molecule has 2 fully saturated rings. The van der Waals surface area contributed by atoms with Crippen LogP contribution in [0.2, 0.25) is 0 Å². The minimum absolute atomic E-state index is 0.0640. The molecule has 1 aliphatic carbocycles. The van der Waals surface area contributed by atoms with Gasteiger partial charge >= 0.3 is 0 Å². The van der Waals surface area contributed by atoms with Crippen LogP contribution in [0.15, 0.2) is 59.5 Å².